The minimum absolute atomic E-state index is 0.0252. The first-order valence-corrected chi connectivity index (χ1v) is 9.67. The Kier molecular flexibility index (Phi) is 6.19. The van der Waals surface area contributed by atoms with Crippen LogP contribution in [0.3, 0.4) is 0 Å². The molecule has 0 aliphatic carbocycles. The number of hydrogen-bond acceptors (Lipinski definition) is 3. The van der Waals surface area contributed by atoms with E-state index in [1.54, 1.807) is 54.6 Å². The number of nitrogens with zero attached hydrogens (tertiary/aromatic N) is 2. The summed E-state index contributed by atoms with van der Waals surface area (Å²) in [7, 11) is 0. The lowest BCUT2D eigenvalue weighted by Crippen LogP contribution is -2.10. The van der Waals surface area contributed by atoms with Crippen molar-refractivity contribution in [2.45, 2.75) is 17.0 Å². The lowest BCUT2D eigenvalue weighted by Gasteiger charge is -2.14. The van der Waals surface area contributed by atoms with E-state index in [0.717, 1.165) is 23.4 Å². The fourth-order valence-corrected chi connectivity index (χ4v) is 3.67. The third-order valence-corrected chi connectivity index (χ3v) is 5.38. The van der Waals surface area contributed by atoms with Gasteiger partial charge in [0.2, 0.25) is 0 Å². The number of nitriles is 1. The van der Waals surface area contributed by atoms with Crippen LogP contribution in [-0.2, 0) is 11.9 Å². The van der Waals surface area contributed by atoms with Crippen molar-refractivity contribution in [3.8, 4) is 17.3 Å². The molecule has 0 spiro atoms. The summed E-state index contributed by atoms with van der Waals surface area (Å²) >= 11 is 12.8. The summed E-state index contributed by atoms with van der Waals surface area (Å²) in [6, 6.07) is 15.8. The third kappa shape index (κ3) is 4.79. The predicted molar refractivity (Wildman–Crippen MR) is 105 cm³/mol. The van der Waals surface area contributed by atoms with Crippen LogP contribution in [0.15, 0.2) is 59.6 Å². The number of halogens is 5. The topological polar surface area (TPSA) is 36.7 Å². The van der Waals surface area contributed by atoms with Gasteiger partial charge in [0.1, 0.15) is 11.1 Å². The van der Waals surface area contributed by atoms with Gasteiger partial charge in [-0.15, -0.1) is 11.8 Å². The highest BCUT2D eigenvalue weighted by atomic mass is 35.5. The smallest absolute Gasteiger partial charge is 0.240 e. The molecule has 0 N–H and O–H groups in total. The summed E-state index contributed by atoms with van der Waals surface area (Å²) in [4.78, 5) is 4.32. The van der Waals surface area contributed by atoms with Crippen molar-refractivity contribution < 1.29 is 13.2 Å². The molecular weight excluding hydrogens is 428 g/mol. The van der Waals surface area contributed by atoms with E-state index in [1.165, 1.54) is 0 Å². The van der Waals surface area contributed by atoms with E-state index in [2.05, 4.69) is 4.98 Å². The van der Waals surface area contributed by atoms with E-state index >= 15 is 0 Å². The van der Waals surface area contributed by atoms with Gasteiger partial charge >= 0.3 is 6.18 Å². The Morgan fingerprint density at radius 1 is 0.964 bits per heavy atom. The second-order valence-corrected chi connectivity index (χ2v) is 7.60. The van der Waals surface area contributed by atoms with E-state index in [4.69, 9.17) is 23.2 Å². The van der Waals surface area contributed by atoms with Crippen molar-refractivity contribution in [1.29, 1.82) is 5.26 Å². The van der Waals surface area contributed by atoms with Crippen molar-refractivity contribution >= 4 is 35.0 Å². The summed E-state index contributed by atoms with van der Waals surface area (Å²) in [5.41, 5.74) is -0.0300. The van der Waals surface area contributed by atoms with Crippen LogP contribution in [0.25, 0.3) is 11.3 Å². The molecule has 1 aromatic heterocycles. The van der Waals surface area contributed by atoms with E-state index in [0.29, 0.717) is 21.4 Å². The molecule has 0 amide bonds. The van der Waals surface area contributed by atoms with E-state index in [9.17, 15) is 18.4 Å². The number of hydrogen-bond donors (Lipinski definition) is 0. The fourth-order valence-electron chi connectivity index (χ4n) is 2.46. The molecule has 0 bridgehead atoms. The normalized spacial score (nSPS) is 11.3. The second-order valence-electron chi connectivity index (χ2n) is 5.77. The van der Waals surface area contributed by atoms with Crippen molar-refractivity contribution in [2.24, 2.45) is 0 Å². The lowest BCUT2D eigenvalue weighted by molar-refractivity contribution is -0.138. The van der Waals surface area contributed by atoms with Crippen molar-refractivity contribution in [2.75, 3.05) is 0 Å². The first-order chi connectivity index (χ1) is 13.3. The highest BCUT2D eigenvalue weighted by Crippen LogP contribution is 2.38. The molecule has 0 unspecified atom stereocenters. The van der Waals surface area contributed by atoms with Gasteiger partial charge in [-0.2, -0.15) is 18.4 Å². The van der Waals surface area contributed by atoms with Crippen molar-refractivity contribution in [3.63, 3.8) is 0 Å². The molecular formula is C20H11Cl2F3N2S. The Labute approximate surface area is 173 Å². The van der Waals surface area contributed by atoms with Crippen LogP contribution < -0.4 is 0 Å². The molecule has 0 saturated carbocycles. The molecule has 0 atom stereocenters. The van der Waals surface area contributed by atoms with E-state index in [1.807, 2.05) is 0 Å². The molecule has 0 fully saturated rings. The lowest BCUT2D eigenvalue weighted by atomic mass is 10.1. The zero-order valence-electron chi connectivity index (χ0n) is 14.1. The summed E-state index contributed by atoms with van der Waals surface area (Å²) in [5.74, 6) is 0.347. The van der Waals surface area contributed by atoms with Crippen LogP contribution in [0.1, 0.15) is 16.7 Å². The maximum Gasteiger partial charge on any atom is 0.417 e. The molecule has 142 valence electrons. The summed E-state index contributed by atoms with van der Waals surface area (Å²) < 4.78 is 40.7. The molecule has 2 nitrogen and oxygen atoms in total. The molecule has 0 aliphatic heterocycles. The van der Waals surface area contributed by atoms with Gasteiger partial charge in [0.25, 0.3) is 0 Å². The van der Waals surface area contributed by atoms with Gasteiger partial charge in [0.05, 0.1) is 16.8 Å². The highest BCUT2D eigenvalue weighted by molar-refractivity contribution is 7.98. The van der Waals surface area contributed by atoms with Crippen LogP contribution >= 0.6 is 35.0 Å². The molecule has 0 radical (unpaired) electrons. The molecule has 1 heterocycles. The Balaban J connectivity index is 2.05. The fraction of sp³-hybridized carbons (Fsp3) is 0.100. The van der Waals surface area contributed by atoms with Gasteiger partial charge in [-0.1, -0.05) is 47.5 Å². The first kappa shape index (κ1) is 20.5. The number of rotatable bonds is 4. The van der Waals surface area contributed by atoms with Crippen LogP contribution in [0, 0.1) is 11.3 Å². The van der Waals surface area contributed by atoms with Crippen LogP contribution in [-0.4, -0.2) is 4.98 Å². The monoisotopic (exact) mass is 438 g/mol. The maximum absolute atomic E-state index is 13.6. The molecule has 3 rings (SSSR count). The number of pyridine rings is 1. The van der Waals surface area contributed by atoms with Crippen LogP contribution in [0.5, 0.6) is 0 Å². The quantitative estimate of drug-likeness (QED) is 0.402. The molecule has 3 aromatic rings. The zero-order valence-corrected chi connectivity index (χ0v) is 16.4. The number of benzene rings is 2. The molecule has 2 aromatic carbocycles. The summed E-state index contributed by atoms with van der Waals surface area (Å²) in [6.45, 7) is 0. The minimum atomic E-state index is -4.68. The van der Waals surface area contributed by atoms with Gasteiger partial charge in [-0.3, -0.25) is 0 Å². The Bertz CT molecular complexity index is 1030. The maximum atomic E-state index is 13.6. The number of alkyl halides is 3. The highest BCUT2D eigenvalue weighted by Gasteiger charge is 2.36. The standard InChI is InChI=1S/C20H11Cl2F3N2S/c21-14-5-1-12(2-6-14)11-28-19-16(10-26)17(20(23,24)25)9-18(27-19)13-3-7-15(22)8-4-13/h1-9H,11H2. The van der Waals surface area contributed by atoms with Gasteiger partial charge in [0, 0.05) is 21.4 Å². The van der Waals surface area contributed by atoms with Crippen molar-refractivity contribution in [1.82, 2.24) is 4.98 Å². The second kappa shape index (κ2) is 8.44. The van der Waals surface area contributed by atoms with Crippen LogP contribution in [0.4, 0.5) is 13.2 Å². The van der Waals surface area contributed by atoms with E-state index in [-0.39, 0.29) is 10.7 Å². The number of aromatic nitrogens is 1. The molecule has 28 heavy (non-hydrogen) atoms. The Morgan fingerprint density at radius 2 is 1.54 bits per heavy atom. The van der Waals surface area contributed by atoms with Gasteiger partial charge < -0.3 is 0 Å². The average Bonchev–Trinajstić information content (AvgIpc) is 2.66. The van der Waals surface area contributed by atoms with Gasteiger partial charge in [-0.05, 0) is 35.9 Å². The third-order valence-electron chi connectivity index (χ3n) is 3.83. The average molecular weight is 439 g/mol. The summed E-state index contributed by atoms with van der Waals surface area (Å²) in [6.07, 6.45) is -4.68. The van der Waals surface area contributed by atoms with Gasteiger partial charge in [-0.25, -0.2) is 4.98 Å². The molecule has 0 saturated heterocycles. The SMILES string of the molecule is N#Cc1c(C(F)(F)F)cc(-c2ccc(Cl)cc2)nc1SCc1ccc(Cl)cc1. The predicted octanol–water partition coefficient (Wildman–Crippen LogP) is 7.24. The Morgan fingerprint density at radius 3 is 2.07 bits per heavy atom. The van der Waals surface area contributed by atoms with E-state index < -0.39 is 17.3 Å². The minimum Gasteiger partial charge on any atom is -0.240 e. The van der Waals surface area contributed by atoms with Crippen molar-refractivity contribution in [3.05, 3.63) is 81.3 Å². The van der Waals surface area contributed by atoms with Gasteiger partial charge in [0.15, 0.2) is 0 Å². The molecule has 8 heteroatoms. The molecule has 0 aliphatic rings. The first-order valence-electron chi connectivity index (χ1n) is 7.93. The van der Waals surface area contributed by atoms with Crippen LogP contribution in [0.2, 0.25) is 10.0 Å². The largest absolute Gasteiger partial charge is 0.417 e. The number of thioether (sulfide) groups is 1. The summed E-state index contributed by atoms with van der Waals surface area (Å²) in [5, 5.41) is 10.4. The zero-order chi connectivity index (χ0) is 20.3. The Hall–Kier alpha value is -2.20.